The van der Waals surface area contributed by atoms with Gasteiger partial charge in [0.2, 0.25) is 0 Å². The molecule has 0 bridgehead atoms. The Balaban J connectivity index is 1.55. The maximum Gasteiger partial charge on any atom is 0.127 e. The first-order valence-electron chi connectivity index (χ1n) is 11.5. The molecule has 2 aromatic carbocycles. The fourth-order valence-corrected chi connectivity index (χ4v) is 3.95. The van der Waals surface area contributed by atoms with E-state index in [1.54, 1.807) is 7.11 Å². The fourth-order valence-electron chi connectivity index (χ4n) is 3.95. The molecular formula is C30H26N4O. The molecule has 0 aliphatic rings. The number of hydrogen-bond acceptors (Lipinski definition) is 5. The highest BCUT2D eigenvalue weighted by Crippen LogP contribution is 2.31. The predicted octanol–water partition coefficient (Wildman–Crippen LogP) is 6.80. The second-order valence-corrected chi connectivity index (χ2v) is 8.32. The van der Waals surface area contributed by atoms with Gasteiger partial charge in [-0.25, -0.2) is 4.98 Å². The molecule has 5 aromatic rings. The molecule has 0 aliphatic heterocycles. The van der Waals surface area contributed by atoms with Gasteiger partial charge in [-0.1, -0.05) is 48.5 Å². The summed E-state index contributed by atoms with van der Waals surface area (Å²) in [6.07, 6.45) is 3.75. The fraction of sp³-hybridized carbons (Fsp3) is 0.100. The Morgan fingerprint density at radius 1 is 0.686 bits per heavy atom. The van der Waals surface area contributed by atoms with E-state index in [2.05, 4.69) is 46.7 Å². The lowest BCUT2D eigenvalue weighted by Crippen LogP contribution is -2.03. The number of ether oxygens (including phenoxy) is 1. The van der Waals surface area contributed by atoms with Crippen molar-refractivity contribution in [1.29, 1.82) is 0 Å². The van der Waals surface area contributed by atoms with E-state index >= 15 is 0 Å². The Kier molecular flexibility index (Phi) is 6.48. The van der Waals surface area contributed by atoms with Crippen LogP contribution in [0.15, 0.2) is 103 Å². The molecule has 1 N–H and O–H groups in total. The van der Waals surface area contributed by atoms with Crippen molar-refractivity contribution in [2.24, 2.45) is 0 Å². The van der Waals surface area contributed by atoms with Crippen LogP contribution in [0, 0.1) is 6.92 Å². The molecule has 0 spiro atoms. The Morgan fingerprint density at radius 3 is 2.29 bits per heavy atom. The van der Waals surface area contributed by atoms with Crippen LogP contribution in [0.2, 0.25) is 0 Å². The molecule has 5 rings (SSSR count). The van der Waals surface area contributed by atoms with Crippen molar-refractivity contribution < 1.29 is 4.74 Å². The maximum absolute atomic E-state index is 5.40. The summed E-state index contributed by atoms with van der Waals surface area (Å²) < 4.78 is 5.40. The molecule has 0 amide bonds. The van der Waals surface area contributed by atoms with Gasteiger partial charge < -0.3 is 10.1 Å². The minimum absolute atomic E-state index is 0.681. The smallest absolute Gasteiger partial charge is 0.127 e. The summed E-state index contributed by atoms with van der Waals surface area (Å²) in [5, 5.41) is 3.48. The van der Waals surface area contributed by atoms with Gasteiger partial charge in [0.05, 0.1) is 18.5 Å². The van der Waals surface area contributed by atoms with Crippen LogP contribution < -0.4 is 10.1 Å². The minimum atomic E-state index is 0.681. The van der Waals surface area contributed by atoms with Crippen molar-refractivity contribution in [2.45, 2.75) is 13.5 Å². The Morgan fingerprint density at radius 2 is 1.49 bits per heavy atom. The summed E-state index contributed by atoms with van der Waals surface area (Å²) in [6, 6.07) is 30.6. The third-order valence-corrected chi connectivity index (χ3v) is 5.77. The number of nitrogens with one attached hydrogen (secondary N) is 1. The zero-order valence-corrected chi connectivity index (χ0v) is 19.8. The maximum atomic E-state index is 5.40. The summed E-state index contributed by atoms with van der Waals surface area (Å²) >= 11 is 0. The first-order chi connectivity index (χ1) is 17.2. The monoisotopic (exact) mass is 458 g/mol. The van der Waals surface area contributed by atoms with E-state index in [0.717, 1.165) is 50.9 Å². The standard InChI is InChI=1S/C30H26N4O/c1-21-8-6-13-28(33-21)29-16-24(17-30(34-29)32-18-22-9-4-3-5-10-22)26-14-25(19-31-20-26)23-11-7-12-27(15-23)35-2/h3-17,19-20H,18H2,1-2H3,(H,32,34). The third kappa shape index (κ3) is 5.36. The summed E-state index contributed by atoms with van der Waals surface area (Å²) in [6.45, 7) is 2.67. The number of rotatable bonds is 7. The van der Waals surface area contributed by atoms with Crippen LogP contribution >= 0.6 is 0 Å². The van der Waals surface area contributed by atoms with Crippen molar-refractivity contribution in [2.75, 3.05) is 12.4 Å². The molecule has 5 heteroatoms. The van der Waals surface area contributed by atoms with E-state index in [0.29, 0.717) is 6.54 Å². The highest BCUT2D eigenvalue weighted by molar-refractivity contribution is 5.76. The first-order valence-corrected chi connectivity index (χ1v) is 11.5. The largest absolute Gasteiger partial charge is 0.497 e. The molecule has 35 heavy (non-hydrogen) atoms. The number of hydrogen-bond donors (Lipinski definition) is 1. The molecule has 3 heterocycles. The van der Waals surface area contributed by atoms with Gasteiger partial charge in [-0.3, -0.25) is 9.97 Å². The molecule has 0 atom stereocenters. The van der Waals surface area contributed by atoms with Crippen LogP contribution in [-0.4, -0.2) is 22.1 Å². The van der Waals surface area contributed by atoms with Gasteiger partial charge in [-0.05, 0) is 66.1 Å². The number of aryl methyl sites for hydroxylation is 1. The Hall–Kier alpha value is -4.51. The van der Waals surface area contributed by atoms with E-state index < -0.39 is 0 Å². The minimum Gasteiger partial charge on any atom is -0.497 e. The average molecular weight is 459 g/mol. The topological polar surface area (TPSA) is 59.9 Å². The Bertz CT molecular complexity index is 1450. The number of methoxy groups -OCH3 is 1. The summed E-state index contributed by atoms with van der Waals surface area (Å²) in [5.41, 5.74) is 7.89. The van der Waals surface area contributed by atoms with Gasteiger partial charge >= 0.3 is 0 Å². The number of nitrogens with zero attached hydrogens (tertiary/aromatic N) is 3. The summed E-state index contributed by atoms with van der Waals surface area (Å²) in [5.74, 6) is 1.61. The molecule has 0 unspecified atom stereocenters. The molecule has 0 aliphatic carbocycles. The lowest BCUT2D eigenvalue weighted by molar-refractivity contribution is 0.415. The average Bonchev–Trinajstić information content (AvgIpc) is 2.92. The number of pyridine rings is 3. The van der Waals surface area contributed by atoms with E-state index in [9.17, 15) is 0 Å². The van der Waals surface area contributed by atoms with Crippen LogP contribution in [0.25, 0.3) is 33.6 Å². The van der Waals surface area contributed by atoms with Gasteiger partial charge in [-0.15, -0.1) is 0 Å². The van der Waals surface area contributed by atoms with Crippen molar-refractivity contribution in [3.63, 3.8) is 0 Å². The Labute approximate surface area is 205 Å². The lowest BCUT2D eigenvalue weighted by atomic mass is 10.0. The third-order valence-electron chi connectivity index (χ3n) is 5.77. The van der Waals surface area contributed by atoms with Crippen LogP contribution in [0.1, 0.15) is 11.3 Å². The quantitative estimate of drug-likeness (QED) is 0.291. The van der Waals surface area contributed by atoms with E-state index in [1.807, 2.05) is 73.9 Å². The van der Waals surface area contributed by atoms with E-state index in [1.165, 1.54) is 5.56 Å². The highest BCUT2D eigenvalue weighted by atomic mass is 16.5. The van der Waals surface area contributed by atoms with Gasteiger partial charge in [0, 0.05) is 35.8 Å². The summed E-state index contributed by atoms with van der Waals surface area (Å²) in [7, 11) is 1.68. The zero-order chi connectivity index (χ0) is 24.0. The highest BCUT2D eigenvalue weighted by Gasteiger charge is 2.10. The second kappa shape index (κ2) is 10.2. The number of benzene rings is 2. The van der Waals surface area contributed by atoms with Crippen molar-refractivity contribution in [3.8, 4) is 39.4 Å². The van der Waals surface area contributed by atoms with Gasteiger partial charge in [0.15, 0.2) is 0 Å². The number of aromatic nitrogens is 3. The van der Waals surface area contributed by atoms with E-state index in [-0.39, 0.29) is 0 Å². The molecule has 0 saturated heterocycles. The molecule has 0 saturated carbocycles. The van der Waals surface area contributed by atoms with Crippen LogP contribution in [0.3, 0.4) is 0 Å². The molecule has 0 fully saturated rings. The van der Waals surface area contributed by atoms with Gasteiger partial charge in [0.1, 0.15) is 11.6 Å². The molecular weight excluding hydrogens is 432 g/mol. The van der Waals surface area contributed by atoms with Crippen molar-refractivity contribution >= 4 is 5.82 Å². The molecule has 172 valence electrons. The van der Waals surface area contributed by atoms with Gasteiger partial charge in [0.25, 0.3) is 0 Å². The second-order valence-electron chi connectivity index (χ2n) is 8.32. The molecule has 0 radical (unpaired) electrons. The van der Waals surface area contributed by atoms with E-state index in [4.69, 9.17) is 14.7 Å². The lowest BCUT2D eigenvalue weighted by Gasteiger charge is -2.12. The normalized spacial score (nSPS) is 10.7. The molecule has 3 aromatic heterocycles. The van der Waals surface area contributed by atoms with Crippen molar-refractivity contribution in [1.82, 2.24) is 15.0 Å². The van der Waals surface area contributed by atoms with Crippen LogP contribution in [0.4, 0.5) is 5.82 Å². The molecule has 5 nitrogen and oxygen atoms in total. The predicted molar refractivity (Wildman–Crippen MR) is 141 cm³/mol. The summed E-state index contributed by atoms with van der Waals surface area (Å²) in [4.78, 5) is 14.1. The van der Waals surface area contributed by atoms with Crippen LogP contribution in [0.5, 0.6) is 5.75 Å². The number of anilines is 1. The SMILES string of the molecule is COc1cccc(-c2cncc(-c3cc(NCc4ccccc4)nc(-c4cccc(C)n4)c3)c2)c1. The zero-order valence-electron chi connectivity index (χ0n) is 19.8. The van der Waals surface area contributed by atoms with Crippen molar-refractivity contribution in [3.05, 3.63) is 115 Å². The van der Waals surface area contributed by atoms with Crippen LogP contribution in [-0.2, 0) is 6.54 Å². The first kappa shape index (κ1) is 22.3. The van der Waals surface area contributed by atoms with Gasteiger partial charge in [-0.2, -0.15) is 0 Å².